The summed E-state index contributed by atoms with van der Waals surface area (Å²) >= 11 is 11.3. The topological polar surface area (TPSA) is 55.1 Å². The molecule has 0 aliphatic carbocycles. The Balaban J connectivity index is 2.06. The molecule has 0 aliphatic rings. The van der Waals surface area contributed by atoms with Crippen molar-refractivity contribution in [2.24, 2.45) is 0 Å². The summed E-state index contributed by atoms with van der Waals surface area (Å²) in [6, 6.07) is 9.58. The van der Waals surface area contributed by atoms with Crippen molar-refractivity contribution >= 4 is 40.5 Å². The minimum absolute atomic E-state index is 0.139. The molecule has 0 aliphatic heterocycles. The fourth-order valence-corrected chi connectivity index (χ4v) is 2.14. The molecule has 0 saturated heterocycles. The van der Waals surface area contributed by atoms with E-state index in [1.54, 1.807) is 24.3 Å². The van der Waals surface area contributed by atoms with Crippen LogP contribution in [0.15, 0.2) is 36.4 Å². The second-order valence-electron chi connectivity index (χ2n) is 4.22. The Morgan fingerprint density at radius 3 is 2.25 bits per heavy atom. The van der Waals surface area contributed by atoms with Gasteiger partial charge in [-0.3, -0.25) is 4.79 Å². The van der Waals surface area contributed by atoms with Gasteiger partial charge in [-0.05, 0) is 29.8 Å². The molecule has 2 aromatic rings. The third kappa shape index (κ3) is 3.62. The summed E-state index contributed by atoms with van der Waals surface area (Å²) in [5, 5.41) is 2.33. The first kappa shape index (κ1) is 14.6. The van der Waals surface area contributed by atoms with Gasteiger partial charge in [0.2, 0.25) is 5.91 Å². The summed E-state index contributed by atoms with van der Waals surface area (Å²) in [7, 11) is 0. The zero-order chi connectivity index (χ0) is 14.7. The van der Waals surface area contributed by atoms with Gasteiger partial charge in [-0.15, -0.1) is 0 Å². The van der Waals surface area contributed by atoms with E-state index in [4.69, 9.17) is 28.9 Å². The zero-order valence-electron chi connectivity index (χ0n) is 10.3. The highest BCUT2D eigenvalue weighted by atomic mass is 35.5. The molecule has 0 heterocycles. The average Bonchev–Trinajstić information content (AvgIpc) is 2.38. The van der Waals surface area contributed by atoms with E-state index in [-0.39, 0.29) is 22.4 Å². The van der Waals surface area contributed by atoms with Gasteiger partial charge in [-0.25, -0.2) is 4.39 Å². The van der Waals surface area contributed by atoms with Gasteiger partial charge in [0, 0.05) is 11.4 Å². The average molecular weight is 313 g/mol. The Bertz CT molecular complexity index is 621. The van der Waals surface area contributed by atoms with Gasteiger partial charge in [0.05, 0.1) is 16.5 Å². The summed E-state index contributed by atoms with van der Waals surface area (Å²) < 4.78 is 13.2. The maximum Gasteiger partial charge on any atom is 0.228 e. The number of nitrogen functional groups attached to an aromatic ring is 1. The molecule has 104 valence electrons. The molecule has 0 spiro atoms. The number of hydrogen-bond donors (Lipinski definition) is 2. The Kier molecular flexibility index (Phi) is 4.47. The quantitative estimate of drug-likeness (QED) is 0.667. The summed E-state index contributed by atoms with van der Waals surface area (Å²) in [5.41, 5.74) is 7.36. The van der Waals surface area contributed by atoms with Crippen molar-refractivity contribution in [1.29, 1.82) is 0 Å². The predicted molar refractivity (Wildman–Crippen MR) is 79.6 cm³/mol. The summed E-state index contributed by atoms with van der Waals surface area (Å²) in [6.45, 7) is 0. The smallest absolute Gasteiger partial charge is 0.228 e. The van der Waals surface area contributed by atoms with E-state index < -0.39 is 5.82 Å². The van der Waals surface area contributed by atoms with Crippen LogP contribution in [0, 0.1) is 5.82 Å². The number of nitrogens with one attached hydrogen (secondary N) is 1. The van der Waals surface area contributed by atoms with Crippen LogP contribution in [0.2, 0.25) is 10.0 Å². The molecule has 0 atom stereocenters. The third-order valence-electron chi connectivity index (χ3n) is 2.61. The first-order valence-corrected chi connectivity index (χ1v) is 6.50. The minimum Gasteiger partial charge on any atom is -0.399 e. The van der Waals surface area contributed by atoms with Gasteiger partial charge < -0.3 is 11.1 Å². The standard InChI is InChI=1S/C14H11Cl2FN2O/c15-11-6-10(7-12(16)14(11)17)19-13(20)5-8-1-3-9(18)4-2-8/h1-4,6-7H,5,18H2,(H,19,20). The normalized spacial score (nSPS) is 10.3. The van der Waals surface area contributed by atoms with E-state index in [0.29, 0.717) is 11.4 Å². The second-order valence-corrected chi connectivity index (χ2v) is 5.03. The predicted octanol–water partition coefficient (Wildman–Crippen LogP) is 3.90. The third-order valence-corrected chi connectivity index (χ3v) is 3.16. The molecule has 20 heavy (non-hydrogen) atoms. The number of amides is 1. The number of carbonyl (C=O) groups excluding carboxylic acids is 1. The lowest BCUT2D eigenvalue weighted by molar-refractivity contribution is -0.115. The van der Waals surface area contributed by atoms with Crippen LogP contribution in [0.3, 0.4) is 0 Å². The fourth-order valence-electron chi connectivity index (χ4n) is 1.65. The van der Waals surface area contributed by atoms with Crippen molar-refractivity contribution in [2.75, 3.05) is 11.1 Å². The molecule has 3 nitrogen and oxygen atoms in total. The van der Waals surface area contributed by atoms with Gasteiger partial charge in [0.15, 0.2) is 5.82 Å². The van der Waals surface area contributed by atoms with Crippen molar-refractivity contribution in [3.8, 4) is 0 Å². The van der Waals surface area contributed by atoms with Crippen LogP contribution in [0.5, 0.6) is 0 Å². The van der Waals surface area contributed by atoms with Crippen molar-refractivity contribution in [3.63, 3.8) is 0 Å². The van der Waals surface area contributed by atoms with Crippen LogP contribution >= 0.6 is 23.2 Å². The molecule has 0 fully saturated rings. The van der Waals surface area contributed by atoms with Crippen LogP contribution in [-0.4, -0.2) is 5.91 Å². The minimum atomic E-state index is -0.704. The first-order valence-electron chi connectivity index (χ1n) is 5.74. The van der Waals surface area contributed by atoms with Gasteiger partial charge in [-0.1, -0.05) is 35.3 Å². The Hall–Kier alpha value is -1.78. The number of carbonyl (C=O) groups is 1. The molecule has 0 bridgehead atoms. The number of rotatable bonds is 3. The van der Waals surface area contributed by atoms with E-state index in [1.165, 1.54) is 12.1 Å². The summed E-state index contributed by atoms with van der Waals surface area (Å²) in [6.07, 6.45) is 0.174. The number of anilines is 2. The van der Waals surface area contributed by atoms with Crippen LogP contribution in [0.25, 0.3) is 0 Å². The fraction of sp³-hybridized carbons (Fsp3) is 0.0714. The van der Waals surface area contributed by atoms with Gasteiger partial charge >= 0.3 is 0 Å². The largest absolute Gasteiger partial charge is 0.399 e. The van der Waals surface area contributed by atoms with Gasteiger partial charge in [-0.2, -0.15) is 0 Å². The molecule has 0 saturated carbocycles. The molecule has 3 N–H and O–H groups in total. The summed E-state index contributed by atoms with van der Waals surface area (Å²) in [4.78, 5) is 11.9. The van der Waals surface area contributed by atoms with Crippen LogP contribution < -0.4 is 11.1 Å². The van der Waals surface area contributed by atoms with Crippen LogP contribution in [-0.2, 0) is 11.2 Å². The molecule has 2 aromatic carbocycles. The monoisotopic (exact) mass is 312 g/mol. The maximum atomic E-state index is 13.2. The van der Waals surface area contributed by atoms with Crippen LogP contribution in [0.1, 0.15) is 5.56 Å². The molecule has 0 aromatic heterocycles. The van der Waals surface area contributed by atoms with Gasteiger partial charge in [0.25, 0.3) is 0 Å². The second kappa shape index (κ2) is 6.11. The Labute approximate surface area is 125 Å². The van der Waals surface area contributed by atoms with Crippen molar-refractivity contribution in [1.82, 2.24) is 0 Å². The maximum absolute atomic E-state index is 13.2. The SMILES string of the molecule is Nc1ccc(CC(=O)Nc2cc(Cl)c(F)c(Cl)c2)cc1. The lowest BCUT2D eigenvalue weighted by Crippen LogP contribution is -2.14. The molecular weight excluding hydrogens is 302 g/mol. The zero-order valence-corrected chi connectivity index (χ0v) is 11.8. The van der Waals surface area contributed by atoms with E-state index in [1.807, 2.05) is 0 Å². The summed E-state index contributed by atoms with van der Waals surface area (Å²) in [5.74, 6) is -0.960. The van der Waals surface area contributed by atoms with Crippen LogP contribution in [0.4, 0.5) is 15.8 Å². The van der Waals surface area contributed by atoms with Crippen molar-refractivity contribution in [2.45, 2.75) is 6.42 Å². The molecule has 2 rings (SSSR count). The highest BCUT2D eigenvalue weighted by Gasteiger charge is 2.10. The lowest BCUT2D eigenvalue weighted by Gasteiger charge is -2.07. The Morgan fingerprint density at radius 2 is 1.70 bits per heavy atom. The highest BCUT2D eigenvalue weighted by Crippen LogP contribution is 2.27. The van der Waals surface area contributed by atoms with Gasteiger partial charge in [0.1, 0.15) is 0 Å². The Morgan fingerprint density at radius 1 is 1.15 bits per heavy atom. The molecule has 0 unspecified atom stereocenters. The van der Waals surface area contributed by atoms with E-state index >= 15 is 0 Å². The number of benzene rings is 2. The molecule has 1 amide bonds. The molecule has 6 heteroatoms. The van der Waals surface area contributed by atoms with Crippen molar-refractivity contribution in [3.05, 3.63) is 57.8 Å². The molecular formula is C14H11Cl2FN2O. The number of halogens is 3. The van der Waals surface area contributed by atoms with E-state index in [2.05, 4.69) is 5.32 Å². The van der Waals surface area contributed by atoms with Crippen molar-refractivity contribution < 1.29 is 9.18 Å². The highest BCUT2D eigenvalue weighted by molar-refractivity contribution is 6.35. The van der Waals surface area contributed by atoms with E-state index in [0.717, 1.165) is 5.56 Å². The lowest BCUT2D eigenvalue weighted by atomic mass is 10.1. The first-order chi connectivity index (χ1) is 9.45. The van der Waals surface area contributed by atoms with E-state index in [9.17, 15) is 9.18 Å². The number of hydrogen-bond acceptors (Lipinski definition) is 2. The number of nitrogens with two attached hydrogens (primary N) is 1. The molecule has 0 radical (unpaired) electrons.